The normalized spacial score (nSPS) is 12.9. The number of halogens is 6. The van der Waals surface area contributed by atoms with Gasteiger partial charge in [-0.1, -0.05) is 6.07 Å². The van der Waals surface area contributed by atoms with Crippen molar-refractivity contribution < 1.29 is 50.3 Å². The number of benzene rings is 2. The molecule has 0 aliphatic carbocycles. The molecule has 1 unspecified atom stereocenters. The van der Waals surface area contributed by atoms with E-state index in [0.29, 0.717) is 23.9 Å². The van der Waals surface area contributed by atoms with E-state index in [4.69, 9.17) is 14.2 Å². The van der Waals surface area contributed by atoms with E-state index >= 15 is 0 Å². The molecule has 0 aliphatic heterocycles. The third-order valence-electron chi connectivity index (χ3n) is 4.54. The highest BCUT2D eigenvalue weighted by Gasteiger charge is 2.37. The van der Waals surface area contributed by atoms with Gasteiger partial charge in [0.1, 0.15) is 5.75 Å². The largest absolute Gasteiger partial charge is 0.493 e. The van der Waals surface area contributed by atoms with Crippen molar-refractivity contribution in [3.63, 3.8) is 0 Å². The van der Waals surface area contributed by atoms with E-state index < -0.39 is 46.0 Å². The van der Waals surface area contributed by atoms with Gasteiger partial charge < -0.3 is 14.2 Å². The van der Waals surface area contributed by atoms with Gasteiger partial charge in [0.25, 0.3) is 0 Å². The van der Waals surface area contributed by atoms with E-state index in [2.05, 4.69) is 0 Å². The van der Waals surface area contributed by atoms with Crippen LogP contribution in [0.2, 0.25) is 0 Å². The SMILES string of the molecule is CCOC(=O)CC(/C=C/[N+](=O)[O-])c1ccc(Oc2cc(C(F)(F)F)cc(C(F)(F)F)c2)c(OC)c1. The number of methoxy groups -OCH3 is 1. The van der Waals surface area contributed by atoms with Crippen molar-refractivity contribution in [3.05, 3.63) is 75.5 Å². The molecule has 2 rings (SSSR count). The van der Waals surface area contributed by atoms with Crippen molar-refractivity contribution in [1.82, 2.24) is 0 Å². The van der Waals surface area contributed by atoms with E-state index in [9.17, 15) is 41.3 Å². The summed E-state index contributed by atoms with van der Waals surface area (Å²) >= 11 is 0. The van der Waals surface area contributed by atoms with Gasteiger partial charge in [0.15, 0.2) is 11.5 Å². The summed E-state index contributed by atoms with van der Waals surface area (Å²) in [6.07, 6.45) is -8.63. The fourth-order valence-electron chi connectivity index (χ4n) is 2.98. The van der Waals surface area contributed by atoms with Gasteiger partial charge in [0.2, 0.25) is 6.20 Å². The first-order valence-corrected chi connectivity index (χ1v) is 9.87. The van der Waals surface area contributed by atoms with Gasteiger partial charge in [-0.2, -0.15) is 26.3 Å². The molecule has 35 heavy (non-hydrogen) atoms. The molecule has 0 N–H and O–H groups in total. The standard InChI is InChI=1S/C22H19F6NO6/c1-3-34-20(30)9-14(6-7-29(31)32)13-4-5-18(19(8-13)33-2)35-17-11-15(21(23,24)25)10-16(12-17)22(26,27)28/h4-8,10-12,14H,3,9H2,1-2H3/b7-6+. The Morgan fingerprint density at radius 3 is 2.11 bits per heavy atom. The minimum atomic E-state index is -5.06. The van der Waals surface area contributed by atoms with E-state index in [-0.39, 0.29) is 30.6 Å². The van der Waals surface area contributed by atoms with Gasteiger partial charge in [-0.15, -0.1) is 0 Å². The number of carbonyl (C=O) groups excluding carboxylic acids is 1. The van der Waals surface area contributed by atoms with Crippen LogP contribution in [0.1, 0.15) is 36.0 Å². The molecular formula is C22H19F6NO6. The maximum absolute atomic E-state index is 13.1. The van der Waals surface area contributed by atoms with Crippen LogP contribution in [0.3, 0.4) is 0 Å². The first-order chi connectivity index (χ1) is 16.2. The van der Waals surface area contributed by atoms with E-state index in [1.54, 1.807) is 6.92 Å². The van der Waals surface area contributed by atoms with Crippen LogP contribution in [0.5, 0.6) is 17.2 Å². The molecule has 0 fully saturated rings. The lowest BCUT2D eigenvalue weighted by molar-refractivity contribution is -0.402. The van der Waals surface area contributed by atoms with Crippen LogP contribution in [0.4, 0.5) is 26.3 Å². The summed E-state index contributed by atoms with van der Waals surface area (Å²) in [5.74, 6) is -2.55. The third-order valence-corrected chi connectivity index (χ3v) is 4.54. The van der Waals surface area contributed by atoms with Crippen LogP contribution < -0.4 is 9.47 Å². The monoisotopic (exact) mass is 507 g/mol. The molecule has 0 aliphatic rings. The molecule has 0 radical (unpaired) electrons. The predicted octanol–water partition coefficient (Wildman–Crippen LogP) is 6.35. The lowest BCUT2D eigenvalue weighted by Crippen LogP contribution is -2.11. The molecule has 0 saturated heterocycles. The molecule has 0 aromatic heterocycles. The van der Waals surface area contributed by atoms with Gasteiger partial charge in [0, 0.05) is 5.92 Å². The number of hydrogen-bond donors (Lipinski definition) is 0. The number of allylic oxidation sites excluding steroid dienone is 1. The van der Waals surface area contributed by atoms with E-state index in [0.717, 1.165) is 6.08 Å². The Bertz CT molecular complexity index is 1060. The molecule has 190 valence electrons. The topological polar surface area (TPSA) is 87.9 Å². The van der Waals surface area contributed by atoms with Crippen molar-refractivity contribution in [2.75, 3.05) is 13.7 Å². The van der Waals surface area contributed by atoms with Crippen LogP contribution in [0.25, 0.3) is 0 Å². The number of nitrogens with zero attached hydrogens (tertiary/aromatic N) is 1. The van der Waals surface area contributed by atoms with Crippen LogP contribution >= 0.6 is 0 Å². The molecule has 2 aromatic carbocycles. The maximum atomic E-state index is 13.1. The summed E-state index contributed by atoms with van der Waals surface area (Å²) in [5, 5.41) is 10.7. The average molecular weight is 507 g/mol. The van der Waals surface area contributed by atoms with Gasteiger partial charge in [-0.25, -0.2) is 0 Å². The Balaban J connectivity index is 2.47. The van der Waals surface area contributed by atoms with Crippen LogP contribution in [0, 0.1) is 10.1 Å². The van der Waals surface area contributed by atoms with Crippen molar-refractivity contribution in [2.45, 2.75) is 31.6 Å². The minimum Gasteiger partial charge on any atom is -0.493 e. The molecular weight excluding hydrogens is 488 g/mol. The predicted molar refractivity (Wildman–Crippen MR) is 110 cm³/mol. The number of ether oxygens (including phenoxy) is 3. The summed E-state index contributed by atoms with van der Waals surface area (Å²) in [5.41, 5.74) is -2.80. The second kappa shape index (κ2) is 11.1. The van der Waals surface area contributed by atoms with Gasteiger partial charge in [-0.05, 0) is 48.9 Å². The summed E-state index contributed by atoms with van der Waals surface area (Å²) < 4.78 is 93.9. The van der Waals surface area contributed by atoms with Gasteiger partial charge in [0.05, 0.1) is 36.2 Å². The Morgan fingerprint density at radius 2 is 1.63 bits per heavy atom. The zero-order valence-corrected chi connectivity index (χ0v) is 18.3. The molecule has 0 bridgehead atoms. The van der Waals surface area contributed by atoms with Crippen molar-refractivity contribution in [1.29, 1.82) is 0 Å². The number of rotatable bonds is 9. The van der Waals surface area contributed by atoms with E-state index in [1.807, 2.05) is 0 Å². The van der Waals surface area contributed by atoms with Crippen molar-refractivity contribution in [2.24, 2.45) is 0 Å². The van der Waals surface area contributed by atoms with Crippen LogP contribution in [0.15, 0.2) is 48.7 Å². The summed E-state index contributed by atoms with van der Waals surface area (Å²) in [7, 11) is 1.17. The highest BCUT2D eigenvalue weighted by Crippen LogP contribution is 2.41. The number of hydrogen-bond acceptors (Lipinski definition) is 6. The first kappa shape index (κ1) is 27.5. The Kier molecular flexibility index (Phi) is 8.72. The summed E-state index contributed by atoms with van der Waals surface area (Å²) in [4.78, 5) is 21.9. The fraction of sp³-hybridized carbons (Fsp3) is 0.318. The number of alkyl halides is 6. The Morgan fingerprint density at radius 1 is 1.03 bits per heavy atom. The second-order valence-corrected chi connectivity index (χ2v) is 7.00. The maximum Gasteiger partial charge on any atom is 0.416 e. The Hall–Kier alpha value is -3.77. The average Bonchev–Trinajstić information content (AvgIpc) is 2.75. The quantitative estimate of drug-likeness (QED) is 0.170. The number of esters is 1. The smallest absolute Gasteiger partial charge is 0.416 e. The zero-order valence-electron chi connectivity index (χ0n) is 18.3. The number of nitro groups is 1. The lowest BCUT2D eigenvalue weighted by atomic mass is 9.95. The molecule has 0 heterocycles. The second-order valence-electron chi connectivity index (χ2n) is 7.00. The Labute approximate surface area is 195 Å². The molecule has 0 amide bonds. The molecule has 1 atom stereocenters. The molecule has 0 saturated carbocycles. The summed E-state index contributed by atoms with van der Waals surface area (Å²) in [6, 6.07) is 4.61. The third kappa shape index (κ3) is 7.90. The van der Waals surface area contributed by atoms with Crippen LogP contribution in [-0.2, 0) is 21.9 Å². The lowest BCUT2D eigenvalue weighted by Gasteiger charge is -2.17. The molecule has 0 spiro atoms. The summed E-state index contributed by atoms with van der Waals surface area (Å²) in [6.45, 7) is 1.66. The van der Waals surface area contributed by atoms with E-state index in [1.165, 1.54) is 25.3 Å². The van der Waals surface area contributed by atoms with Crippen LogP contribution in [-0.4, -0.2) is 24.6 Å². The van der Waals surface area contributed by atoms with Crippen molar-refractivity contribution >= 4 is 5.97 Å². The molecule has 2 aromatic rings. The molecule has 13 heteroatoms. The molecule has 7 nitrogen and oxygen atoms in total. The number of carbonyl (C=O) groups is 1. The first-order valence-electron chi connectivity index (χ1n) is 9.87. The highest BCUT2D eigenvalue weighted by molar-refractivity contribution is 5.71. The highest BCUT2D eigenvalue weighted by atomic mass is 19.4. The van der Waals surface area contributed by atoms with Gasteiger partial charge >= 0.3 is 18.3 Å². The van der Waals surface area contributed by atoms with Gasteiger partial charge in [-0.3, -0.25) is 14.9 Å². The fourth-order valence-corrected chi connectivity index (χ4v) is 2.98. The zero-order chi connectivity index (χ0) is 26.4. The van der Waals surface area contributed by atoms with Crippen molar-refractivity contribution in [3.8, 4) is 17.2 Å². The minimum absolute atomic E-state index is 0.0329.